The van der Waals surface area contributed by atoms with E-state index in [1.807, 2.05) is 0 Å². The second kappa shape index (κ2) is 5.49. The predicted octanol–water partition coefficient (Wildman–Crippen LogP) is 5.21. The summed E-state index contributed by atoms with van der Waals surface area (Å²) in [5.74, 6) is 3.18. The SMILES string of the molecule is COC(=O)C1CC2CCCC[C@]2(C)[C@H]2CC[C@]3(C)CCC[C@H]3[C@H]12. The highest BCUT2D eigenvalue weighted by atomic mass is 16.5. The number of ether oxygens (including phenoxy) is 1. The van der Waals surface area contributed by atoms with E-state index in [2.05, 4.69) is 13.8 Å². The normalized spacial score (nSPS) is 52.2. The zero-order valence-corrected chi connectivity index (χ0v) is 15.3. The van der Waals surface area contributed by atoms with Crippen molar-refractivity contribution in [2.45, 2.75) is 78.1 Å². The molecule has 0 spiro atoms. The van der Waals surface area contributed by atoms with Crippen LogP contribution in [0.2, 0.25) is 0 Å². The second-order valence-corrected chi connectivity index (χ2v) is 9.69. The highest BCUT2D eigenvalue weighted by Crippen LogP contribution is 2.67. The van der Waals surface area contributed by atoms with E-state index in [4.69, 9.17) is 4.74 Å². The lowest BCUT2D eigenvalue weighted by Gasteiger charge is -2.61. The van der Waals surface area contributed by atoms with Crippen molar-refractivity contribution >= 4 is 5.97 Å². The van der Waals surface area contributed by atoms with Gasteiger partial charge in [-0.15, -0.1) is 0 Å². The first kappa shape index (κ1) is 16.0. The number of hydrogen-bond donors (Lipinski definition) is 0. The molecule has 0 aromatic carbocycles. The van der Waals surface area contributed by atoms with Gasteiger partial charge in [-0.3, -0.25) is 4.79 Å². The molecule has 4 aliphatic rings. The van der Waals surface area contributed by atoms with E-state index < -0.39 is 0 Å². The Hall–Kier alpha value is -0.530. The van der Waals surface area contributed by atoms with E-state index in [0.29, 0.717) is 16.7 Å². The van der Waals surface area contributed by atoms with Crippen molar-refractivity contribution in [1.82, 2.24) is 0 Å². The molecule has 130 valence electrons. The van der Waals surface area contributed by atoms with Crippen LogP contribution >= 0.6 is 0 Å². The molecule has 2 nitrogen and oxygen atoms in total. The van der Waals surface area contributed by atoms with E-state index >= 15 is 0 Å². The molecule has 0 bridgehead atoms. The summed E-state index contributed by atoms with van der Waals surface area (Å²) in [4.78, 5) is 12.7. The maximum Gasteiger partial charge on any atom is 0.308 e. The van der Waals surface area contributed by atoms with Gasteiger partial charge >= 0.3 is 5.97 Å². The number of carbonyl (C=O) groups is 1. The molecule has 4 saturated carbocycles. The van der Waals surface area contributed by atoms with Gasteiger partial charge < -0.3 is 4.74 Å². The van der Waals surface area contributed by atoms with E-state index in [-0.39, 0.29) is 11.9 Å². The summed E-state index contributed by atoms with van der Waals surface area (Å²) >= 11 is 0. The topological polar surface area (TPSA) is 26.3 Å². The zero-order chi connectivity index (χ0) is 16.2. The lowest BCUT2D eigenvalue weighted by molar-refractivity contribution is -0.171. The van der Waals surface area contributed by atoms with E-state index in [0.717, 1.165) is 24.2 Å². The monoisotopic (exact) mass is 318 g/mol. The fourth-order valence-electron chi connectivity index (χ4n) is 7.69. The average molecular weight is 319 g/mol. The number of fused-ring (bicyclic) bond motifs is 5. The molecule has 0 heterocycles. The summed E-state index contributed by atoms with van der Waals surface area (Å²) < 4.78 is 5.29. The van der Waals surface area contributed by atoms with Crippen LogP contribution in [-0.2, 0) is 9.53 Å². The number of hydrogen-bond acceptors (Lipinski definition) is 2. The van der Waals surface area contributed by atoms with Crippen LogP contribution in [0.5, 0.6) is 0 Å². The Kier molecular flexibility index (Phi) is 3.81. The van der Waals surface area contributed by atoms with Gasteiger partial charge in [-0.25, -0.2) is 0 Å². The fourth-order valence-corrected chi connectivity index (χ4v) is 7.69. The summed E-state index contributed by atoms with van der Waals surface area (Å²) in [6, 6.07) is 0. The van der Waals surface area contributed by atoms with Crippen molar-refractivity contribution in [3.8, 4) is 0 Å². The standard InChI is InChI=1S/C21H34O2/c1-20-10-6-8-16(20)18-15(19(22)23-3)13-14-7-4-5-11-21(14,2)17(18)9-12-20/h14-18H,4-13H2,1-3H3/t14?,15?,16-,17-,18-,20-,21-/m0/s1. The van der Waals surface area contributed by atoms with Crippen LogP contribution in [-0.4, -0.2) is 13.1 Å². The quantitative estimate of drug-likeness (QED) is 0.620. The molecular formula is C21H34O2. The lowest BCUT2D eigenvalue weighted by Crippen LogP contribution is -2.56. The molecule has 0 aromatic heterocycles. The fraction of sp³-hybridized carbons (Fsp3) is 0.952. The van der Waals surface area contributed by atoms with Gasteiger partial charge in [0.05, 0.1) is 13.0 Å². The van der Waals surface area contributed by atoms with Crippen LogP contribution in [0.1, 0.15) is 78.1 Å². The minimum absolute atomic E-state index is 0.101. The summed E-state index contributed by atoms with van der Waals surface area (Å²) in [7, 11) is 1.60. The van der Waals surface area contributed by atoms with Crippen LogP contribution in [0.25, 0.3) is 0 Å². The van der Waals surface area contributed by atoms with Crippen LogP contribution < -0.4 is 0 Å². The minimum atomic E-state index is 0.101. The maximum absolute atomic E-state index is 12.7. The molecule has 2 unspecified atom stereocenters. The Bertz CT molecular complexity index is 486. The average Bonchev–Trinajstić information content (AvgIpc) is 2.94. The molecule has 7 atom stereocenters. The molecule has 0 radical (unpaired) electrons. The van der Waals surface area contributed by atoms with Crippen molar-refractivity contribution in [1.29, 1.82) is 0 Å². The smallest absolute Gasteiger partial charge is 0.308 e. The molecule has 4 aliphatic carbocycles. The van der Waals surface area contributed by atoms with Crippen molar-refractivity contribution in [3.63, 3.8) is 0 Å². The summed E-state index contributed by atoms with van der Waals surface area (Å²) in [6.07, 6.45) is 13.5. The number of methoxy groups -OCH3 is 1. The highest BCUT2D eigenvalue weighted by molar-refractivity contribution is 5.73. The van der Waals surface area contributed by atoms with E-state index in [9.17, 15) is 4.79 Å². The van der Waals surface area contributed by atoms with Gasteiger partial charge in [-0.2, -0.15) is 0 Å². The van der Waals surface area contributed by atoms with Crippen LogP contribution in [0.3, 0.4) is 0 Å². The number of rotatable bonds is 1. The molecule has 4 rings (SSSR count). The first-order valence-electron chi connectivity index (χ1n) is 10.1. The molecule has 0 aromatic rings. The van der Waals surface area contributed by atoms with Gasteiger partial charge in [-0.05, 0) is 79.4 Å². The number of esters is 1. The largest absolute Gasteiger partial charge is 0.469 e. The third-order valence-corrected chi connectivity index (χ3v) is 8.92. The highest BCUT2D eigenvalue weighted by Gasteiger charge is 2.61. The molecule has 0 amide bonds. The van der Waals surface area contributed by atoms with Gasteiger partial charge in [0.15, 0.2) is 0 Å². The van der Waals surface area contributed by atoms with Crippen molar-refractivity contribution in [2.24, 2.45) is 40.4 Å². The Morgan fingerprint density at radius 3 is 2.57 bits per heavy atom. The van der Waals surface area contributed by atoms with Gasteiger partial charge in [0.1, 0.15) is 0 Å². The maximum atomic E-state index is 12.7. The van der Waals surface area contributed by atoms with Crippen LogP contribution in [0.15, 0.2) is 0 Å². The van der Waals surface area contributed by atoms with Gasteiger partial charge in [-0.1, -0.05) is 33.1 Å². The van der Waals surface area contributed by atoms with Crippen LogP contribution in [0.4, 0.5) is 0 Å². The third-order valence-electron chi connectivity index (χ3n) is 8.92. The summed E-state index contributed by atoms with van der Waals surface area (Å²) in [6.45, 7) is 5.10. The first-order valence-corrected chi connectivity index (χ1v) is 10.1. The molecule has 0 aliphatic heterocycles. The molecule has 2 heteroatoms. The zero-order valence-electron chi connectivity index (χ0n) is 15.3. The Morgan fingerprint density at radius 1 is 0.957 bits per heavy atom. The van der Waals surface area contributed by atoms with Crippen molar-refractivity contribution in [2.75, 3.05) is 7.11 Å². The Morgan fingerprint density at radius 2 is 1.78 bits per heavy atom. The first-order chi connectivity index (χ1) is 11.0. The number of carbonyl (C=O) groups excluding carboxylic acids is 1. The molecule has 0 saturated heterocycles. The van der Waals surface area contributed by atoms with Crippen LogP contribution in [0, 0.1) is 40.4 Å². The van der Waals surface area contributed by atoms with Gasteiger partial charge in [0.25, 0.3) is 0 Å². The molecule has 4 fully saturated rings. The van der Waals surface area contributed by atoms with Crippen molar-refractivity contribution < 1.29 is 9.53 Å². The Balaban J connectivity index is 1.73. The molecule has 23 heavy (non-hydrogen) atoms. The summed E-state index contributed by atoms with van der Waals surface area (Å²) in [5.41, 5.74) is 1.00. The predicted molar refractivity (Wildman–Crippen MR) is 91.9 cm³/mol. The minimum Gasteiger partial charge on any atom is -0.469 e. The van der Waals surface area contributed by atoms with Gasteiger partial charge in [0.2, 0.25) is 0 Å². The second-order valence-electron chi connectivity index (χ2n) is 9.69. The summed E-state index contributed by atoms with van der Waals surface area (Å²) in [5, 5.41) is 0. The van der Waals surface area contributed by atoms with E-state index in [1.54, 1.807) is 7.11 Å². The van der Waals surface area contributed by atoms with Crippen molar-refractivity contribution in [3.05, 3.63) is 0 Å². The van der Waals surface area contributed by atoms with Gasteiger partial charge in [0, 0.05) is 0 Å². The van der Waals surface area contributed by atoms with E-state index in [1.165, 1.54) is 57.8 Å². The molecular weight excluding hydrogens is 284 g/mol. The lowest BCUT2D eigenvalue weighted by atomic mass is 9.43. The Labute approximate surface area is 141 Å². The third kappa shape index (κ3) is 2.23. The molecule has 0 N–H and O–H groups in total.